The van der Waals surface area contributed by atoms with Crippen LogP contribution in [0.4, 0.5) is 0 Å². The van der Waals surface area contributed by atoms with Crippen molar-refractivity contribution in [3.63, 3.8) is 0 Å². The third-order valence-corrected chi connectivity index (χ3v) is 4.08. The van der Waals surface area contributed by atoms with E-state index in [-0.39, 0.29) is 5.41 Å². The second-order valence-corrected chi connectivity index (χ2v) is 5.81. The Morgan fingerprint density at radius 2 is 1.45 bits per heavy atom. The highest BCUT2D eigenvalue weighted by atomic mass is 16.4. The summed E-state index contributed by atoms with van der Waals surface area (Å²) in [5.41, 5.74) is 5.10. The Labute approximate surface area is 120 Å². The number of carboxylic acids is 1. The van der Waals surface area contributed by atoms with Crippen LogP contribution in [0.2, 0.25) is 0 Å². The van der Waals surface area contributed by atoms with E-state index in [9.17, 15) is 4.79 Å². The molecule has 0 fully saturated rings. The van der Waals surface area contributed by atoms with Gasteiger partial charge in [-0.3, -0.25) is 0 Å². The van der Waals surface area contributed by atoms with Gasteiger partial charge in [-0.2, -0.15) is 0 Å². The van der Waals surface area contributed by atoms with Crippen LogP contribution in [0.5, 0.6) is 0 Å². The van der Waals surface area contributed by atoms with Crippen molar-refractivity contribution in [3.8, 4) is 0 Å². The summed E-state index contributed by atoms with van der Waals surface area (Å²) in [5.74, 6) is -0.888. The van der Waals surface area contributed by atoms with Gasteiger partial charge in [0.15, 0.2) is 0 Å². The number of rotatable bonds is 3. The van der Waals surface area contributed by atoms with Gasteiger partial charge in [0.05, 0.1) is 5.56 Å². The molecule has 20 heavy (non-hydrogen) atoms. The smallest absolute Gasteiger partial charge is 0.335 e. The molecule has 2 aromatic rings. The van der Waals surface area contributed by atoms with E-state index < -0.39 is 5.97 Å². The maximum absolute atomic E-state index is 10.9. The molecule has 0 saturated carbocycles. The average molecular weight is 268 g/mol. The van der Waals surface area contributed by atoms with Crippen LogP contribution in [0.1, 0.15) is 46.5 Å². The molecule has 0 aromatic heterocycles. The summed E-state index contributed by atoms with van der Waals surface area (Å²) >= 11 is 0. The van der Waals surface area contributed by atoms with Crippen molar-refractivity contribution in [3.05, 3.63) is 70.3 Å². The largest absolute Gasteiger partial charge is 0.478 e. The summed E-state index contributed by atoms with van der Waals surface area (Å²) in [6.45, 7) is 8.54. The molecule has 0 saturated heterocycles. The quantitative estimate of drug-likeness (QED) is 0.899. The van der Waals surface area contributed by atoms with Gasteiger partial charge in [0.2, 0.25) is 0 Å². The maximum Gasteiger partial charge on any atom is 0.335 e. The lowest BCUT2D eigenvalue weighted by Gasteiger charge is -2.27. The summed E-state index contributed by atoms with van der Waals surface area (Å²) in [7, 11) is 0. The zero-order chi connectivity index (χ0) is 14.9. The monoisotopic (exact) mass is 268 g/mol. The Bertz CT molecular complexity index is 637. The van der Waals surface area contributed by atoms with E-state index in [2.05, 4.69) is 45.9 Å². The van der Waals surface area contributed by atoms with E-state index in [1.807, 2.05) is 12.1 Å². The Kier molecular flexibility index (Phi) is 3.67. The molecule has 2 heteroatoms. The molecule has 2 aromatic carbocycles. The molecule has 0 aliphatic heterocycles. The molecular formula is C18H20O2. The lowest BCUT2D eigenvalue weighted by Crippen LogP contribution is -2.19. The summed E-state index contributed by atoms with van der Waals surface area (Å²) in [4.78, 5) is 10.9. The van der Waals surface area contributed by atoms with Crippen molar-refractivity contribution >= 4 is 5.97 Å². The Hall–Kier alpha value is -2.09. The number of carboxylic acid groups (broad SMARTS) is 1. The molecule has 1 N–H and O–H groups in total. The molecule has 0 radical (unpaired) electrons. The lowest BCUT2D eigenvalue weighted by atomic mass is 9.77. The highest BCUT2D eigenvalue weighted by Crippen LogP contribution is 2.32. The lowest BCUT2D eigenvalue weighted by molar-refractivity contribution is 0.0697. The van der Waals surface area contributed by atoms with Crippen molar-refractivity contribution in [2.75, 3.05) is 0 Å². The van der Waals surface area contributed by atoms with Gasteiger partial charge in [-0.05, 0) is 48.2 Å². The van der Waals surface area contributed by atoms with Gasteiger partial charge in [-0.15, -0.1) is 0 Å². The molecule has 2 rings (SSSR count). The minimum Gasteiger partial charge on any atom is -0.478 e. The topological polar surface area (TPSA) is 37.3 Å². The molecule has 0 aliphatic rings. The first-order valence-corrected chi connectivity index (χ1v) is 6.74. The molecule has 0 bridgehead atoms. The van der Waals surface area contributed by atoms with Gasteiger partial charge in [0, 0.05) is 5.41 Å². The number of carbonyl (C=O) groups is 1. The van der Waals surface area contributed by atoms with E-state index >= 15 is 0 Å². The SMILES string of the molecule is Cc1ccc(C(C)(C)c2ccc(C(=O)O)cc2)cc1C. The first-order chi connectivity index (χ1) is 9.32. The zero-order valence-electron chi connectivity index (χ0n) is 12.4. The highest BCUT2D eigenvalue weighted by Gasteiger charge is 2.23. The van der Waals surface area contributed by atoms with Crippen molar-refractivity contribution < 1.29 is 9.90 Å². The molecule has 0 spiro atoms. The summed E-state index contributed by atoms with van der Waals surface area (Å²) in [5, 5.41) is 8.96. The molecule has 0 aliphatic carbocycles. The molecule has 0 atom stereocenters. The van der Waals surface area contributed by atoms with Crippen molar-refractivity contribution in [1.29, 1.82) is 0 Å². The van der Waals surface area contributed by atoms with E-state index in [0.717, 1.165) is 5.56 Å². The van der Waals surface area contributed by atoms with Crippen LogP contribution in [0, 0.1) is 13.8 Å². The molecule has 0 unspecified atom stereocenters. The first-order valence-electron chi connectivity index (χ1n) is 6.74. The van der Waals surface area contributed by atoms with Gasteiger partial charge >= 0.3 is 5.97 Å². The van der Waals surface area contributed by atoms with Crippen molar-refractivity contribution in [2.24, 2.45) is 0 Å². The van der Waals surface area contributed by atoms with Crippen LogP contribution in [-0.2, 0) is 5.41 Å². The normalized spacial score (nSPS) is 11.4. The van der Waals surface area contributed by atoms with Crippen LogP contribution in [-0.4, -0.2) is 11.1 Å². The fourth-order valence-corrected chi connectivity index (χ4v) is 2.33. The van der Waals surface area contributed by atoms with Gasteiger partial charge in [-0.25, -0.2) is 4.79 Å². The van der Waals surface area contributed by atoms with Crippen LogP contribution in [0.15, 0.2) is 42.5 Å². The second kappa shape index (κ2) is 5.12. The van der Waals surface area contributed by atoms with Crippen LogP contribution >= 0.6 is 0 Å². The van der Waals surface area contributed by atoms with Crippen LogP contribution in [0.25, 0.3) is 0 Å². The average Bonchev–Trinajstić information content (AvgIpc) is 2.41. The molecule has 2 nitrogen and oxygen atoms in total. The van der Waals surface area contributed by atoms with Gasteiger partial charge in [-0.1, -0.05) is 44.2 Å². The van der Waals surface area contributed by atoms with Crippen LogP contribution in [0.3, 0.4) is 0 Å². The number of hydrogen-bond donors (Lipinski definition) is 1. The molecule has 0 heterocycles. The predicted molar refractivity (Wildman–Crippen MR) is 81.4 cm³/mol. The number of aryl methyl sites for hydroxylation is 2. The third kappa shape index (κ3) is 2.60. The van der Waals surface area contributed by atoms with Crippen molar-refractivity contribution in [1.82, 2.24) is 0 Å². The van der Waals surface area contributed by atoms with E-state index in [1.54, 1.807) is 12.1 Å². The standard InChI is InChI=1S/C18H20O2/c1-12-5-8-16(11-13(12)2)18(3,4)15-9-6-14(7-10-15)17(19)20/h5-11H,1-4H3,(H,19,20). The predicted octanol–water partition coefficient (Wildman–Crippen LogP) is 4.33. The molecular weight excluding hydrogens is 248 g/mol. The Balaban J connectivity index is 2.42. The third-order valence-electron chi connectivity index (χ3n) is 4.08. The fourth-order valence-electron chi connectivity index (χ4n) is 2.33. The fraction of sp³-hybridized carbons (Fsp3) is 0.278. The zero-order valence-corrected chi connectivity index (χ0v) is 12.4. The highest BCUT2D eigenvalue weighted by molar-refractivity contribution is 5.87. The van der Waals surface area contributed by atoms with Gasteiger partial charge in [0.1, 0.15) is 0 Å². The Morgan fingerprint density at radius 1 is 0.900 bits per heavy atom. The van der Waals surface area contributed by atoms with Gasteiger partial charge in [0.25, 0.3) is 0 Å². The first kappa shape index (κ1) is 14.3. The summed E-state index contributed by atoms with van der Waals surface area (Å²) in [6, 6.07) is 13.6. The number of hydrogen-bond acceptors (Lipinski definition) is 1. The van der Waals surface area contributed by atoms with E-state index in [0.29, 0.717) is 5.56 Å². The number of aromatic carboxylic acids is 1. The van der Waals surface area contributed by atoms with E-state index in [1.165, 1.54) is 16.7 Å². The van der Waals surface area contributed by atoms with Crippen LogP contribution < -0.4 is 0 Å². The van der Waals surface area contributed by atoms with Gasteiger partial charge < -0.3 is 5.11 Å². The molecule has 104 valence electrons. The summed E-state index contributed by atoms with van der Waals surface area (Å²) in [6.07, 6.45) is 0. The maximum atomic E-state index is 10.9. The van der Waals surface area contributed by atoms with Crippen molar-refractivity contribution in [2.45, 2.75) is 33.1 Å². The second-order valence-electron chi connectivity index (χ2n) is 5.81. The minimum atomic E-state index is -0.888. The van der Waals surface area contributed by atoms with E-state index in [4.69, 9.17) is 5.11 Å². The Morgan fingerprint density at radius 3 is 1.95 bits per heavy atom. The molecule has 0 amide bonds. The number of benzene rings is 2. The summed E-state index contributed by atoms with van der Waals surface area (Å²) < 4.78 is 0. The minimum absolute atomic E-state index is 0.143.